The predicted octanol–water partition coefficient (Wildman–Crippen LogP) is 3.81. The van der Waals surface area contributed by atoms with E-state index in [1.54, 1.807) is 0 Å². The molecule has 0 unspecified atom stereocenters. The van der Waals surface area contributed by atoms with Crippen molar-refractivity contribution in [3.8, 4) is 5.75 Å². The number of ether oxygens (including phenoxy) is 1. The molecule has 0 saturated carbocycles. The fourth-order valence-electron chi connectivity index (χ4n) is 1.82. The number of nitrogens with zero attached hydrogens (tertiary/aromatic N) is 1. The minimum atomic E-state index is -4.83. The second-order valence-electron chi connectivity index (χ2n) is 4.57. The molecule has 3 nitrogen and oxygen atoms in total. The lowest BCUT2D eigenvalue weighted by atomic mass is 10.2. The van der Waals surface area contributed by atoms with Crippen LogP contribution in [0.2, 0.25) is 0 Å². The number of pyridine rings is 1. The summed E-state index contributed by atoms with van der Waals surface area (Å²) in [5.41, 5.74) is -1.30. The number of benzene rings is 1. The topological polar surface area (TPSA) is 31.2 Å². The lowest BCUT2D eigenvalue weighted by Crippen LogP contribution is -2.22. The second kappa shape index (κ2) is 5.98. The Bertz CT molecular complexity index is 731. The van der Waals surface area contributed by atoms with Gasteiger partial charge in [-0.1, -0.05) is 12.1 Å². The van der Waals surface area contributed by atoms with Crippen molar-refractivity contribution in [2.75, 3.05) is 0 Å². The molecular formula is C14H9F6NO2. The molecule has 0 amide bonds. The summed E-state index contributed by atoms with van der Waals surface area (Å²) in [5.74, 6) is -0.461. The fraction of sp³-hybridized carbons (Fsp3) is 0.214. The van der Waals surface area contributed by atoms with Gasteiger partial charge in [-0.15, -0.1) is 13.2 Å². The monoisotopic (exact) mass is 337 g/mol. The number of aromatic nitrogens is 1. The van der Waals surface area contributed by atoms with E-state index in [-0.39, 0.29) is 6.54 Å². The van der Waals surface area contributed by atoms with Crippen molar-refractivity contribution in [3.05, 3.63) is 64.1 Å². The van der Waals surface area contributed by atoms with Gasteiger partial charge in [-0.25, -0.2) is 0 Å². The third kappa shape index (κ3) is 4.76. The van der Waals surface area contributed by atoms with Crippen molar-refractivity contribution >= 4 is 0 Å². The van der Waals surface area contributed by atoms with E-state index >= 15 is 0 Å². The van der Waals surface area contributed by atoms with Crippen molar-refractivity contribution in [2.45, 2.75) is 19.1 Å². The van der Waals surface area contributed by atoms with Gasteiger partial charge in [0.15, 0.2) is 0 Å². The van der Waals surface area contributed by atoms with E-state index in [4.69, 9.17) is 0 Å². The molecule has 1 aromatic carbocycles. The Morgan fingerprint density at radius 1 is 0.913 bits per heavy atom. The van der Waals surface area contributed by atoms with Gasteiger partial charge in [0.1, 0.15) is 5.75 Å². The highest BCUT2D eigenvalue weighted by Crippen LogP contribution is 2.28. The van der Waals surface area contributed by atoms with Crippen molar-refractivity contribution in [2.24, 2.45) is 0 Å². The van der Waals surface area contributed by atoms with Crippen LogP contribution in [-0.2, 0) is 12.7 Å². The molecule has 0 bridgehead atoms. The third-order valence-electron chi connectivity index (χ3n) is 2.82. The van der Waals surface area contributed by atoms with Crippen molar-refractivity contribution < 1.29 is 31.1 Å². The normalized spacial score (nSPS) is 12.3. The first kappa shape index (κ1) is 16.9. The van der Waals surface area contributed by atoms with Gasteiger partial charge in [0.05, 0.1) is 12.1 Å². The first-order valence-corrected chi connectivity index (χ1v) is 6.17. The summed E-state index contributed by atoms with van der Waals surface area (Å²) in [7, 11) is 0. The summed E-state index contributed by atoms with van der Waals surface area (Å²) in [4.78, 5) is 11.6. The highest BCUT2D eigenvalue weighted by atomic mass is 19.4. The zero-order chi connectivity index (χ0) is 17.3. The molecule has 124 valence electrons. The van der Waals surface area contributed by atoms with E-state index in [9.17, 15) is 31.1 Å². The maximum absolute atomic E-state index is 12.6. The number of halogens is 6. The van der Waals surface area contributed by atoms with Crippen LogP contribution in [0.15, 0.2) is 47.4 Å². The molecule has 2 aromatic rings. The molecule has 0 N–H and O–H groups in total. The smallest absolute Gasteiger partial charge is 0.406 e. The standard InChI is InChI=1S/C14H9F6NO2/c15-13(16,17)10-3-6-12(22)21(8-10)7-9-1-4-11(5-2-9)23-14(18,19)20/h1-6,8H,7H2. The summed E-state index contributed by atoms with van der Waals surface area (Å²) in [6.45, 7) is -0.213. The number of hydrogen-bond donors (Lipinski definition) is 0. The molecular weight excluding hydrogens is 328 g/mol. The lowest BCUT2D eigenvalue weighted by Gasteiger charge is -2.12. The van der Waals surface area contributed by atoms with E-state index in [2.05, 4.69) is 4.74 Å². The van der Waals surface area contributed by atoms with Crippen LogP contribution in [-0.4, -0.2) is 10.9 Å². The van der Waals surface area contributed by atoms with Crippen LogP contribution in [0.3, 0.4) is 0 Å². The lowest BCUT2D eigenvalue weighted by molar-refractivity contribution is -0.274. The highest BCUT2D eigenvalue weighted by Gasteiger charge is 2.31. The van der Waals surface area contributed by atoms with Crippen LogP contribution in [0.5, 0.6) is 5.75 Å². The average molecular weight is 337 g/mol. The largest absolute Gasteiger partial charge is 0.573 e. The Morgan fingerprint density at radius 3 is 2.04 bits per heavy atom. The predicted molar refractivity (Wildman–Crippen MR) is 67.9 cm³/mol. The van der Waals surface area contributed by atoms with Gasteiger partial charge in [-0.2, -0.15) is 13.2 Å². The SMILES string of the molecule is O=c1ccc(C(F)(F)F)cn1Cc1ccc(OC(F)(F)F)cc1. The summed E-state index contributed by atoms with van der Waals surface area (Å²) in [6, 6.07) is 5.94. The summed E-state index contributed by atoms with van der Waals surface area (Å²) >= 11 is 0. The van der Waals surface area contributed by atoms with Crippen molar-refractivity contribution in [1.82, 2.24) is 4.57 Å². The first-order valence-electron chi connectivity index (χ1n) is 6.17. The molecule has 0 aliphatic carbocycles. The van der Waals surface area contributed by atoms with E-state index in [1.807, 2.05) is 0 Å². The molecule has 23 heavy (non-hydrogen) atoms. The Kier molecular flexibility index (Phi) is 4.39. The van der Waals surface area contributed by atoms with Crippen molar-refractivity contribution in [1.29, 1.82) is 0 Å². The summed E-state index contributed by atoms with van der Waals surface area (Å²) in [6.07, 6.45) is -8.78. The molecule has 2 rings (SSSR count). The highest BCUT2D eigenvalue weighted by molar-refractivity contribution is 5.28. The van der Waals surface area contributed by atoms with Crippen LogP contribution in [0.1, 0.15) is 11.1 Å². The minimum absolute atomic E-state index is 0.213. The molecule has 0 atom stereocenters. The Hall–Kier alpha value is -2.45. The van der Waals surface area contributed by atoms with Crippen LogP contribution in [0.25, 0.3) is 0 Å². The van der Waals surface area contributed by atoms with Crippen LogP contribution >= 0.6 is 0 Å². The molecule has 0 aliphatic heterocycles. The zero-order valence-corrected chi connectivity index (χ0v) is 11.3. The second-order valence-corrected chi connectivity index (χ2v) is 4.57. The average Bonchev–Trinajstić information content (AvgIpc) is 2.40. The molecule has 0 spiro atoms. The molecule has 0 saturated heterocycles. The Balaban J connectivity index is 2.21. The van der Waals surface area contributed by atoms with E-state index in [1.165, 1.54) is 12.1 Å². The summed E-state index contributed by atoms with van der Waals surface area (Å²) < 4.78 is 78.4. The molecule has 1 aromatic heterocycles. The van der Waals surface area contributed by atoms with Crippen LogP contribution in [0.4, 0.5) is 26.3 Å². The molecule has 0 aliphatic rings. The van der Waals surface area contributed by atoms with Gasteiger partial charge in [-0.3, -0.25) is 4.79 Å². The maximum Gasteiger partial charge on any atom is 0.573 e. The Morgan fingerprint density at radius 2 is 1.52 bits per heavy atom. The van der Waals surface area contributed by atoms with Gasteiger partial charge in [0.25, 0.3) is 5.56 Å². The number of hydrogen-bond acceptors (Lipinski definition) is 2. The van der Waals surface area contributed by atoms with E-state index in [0.29, 0.717) is 17.8 Å². The van der Waals surface area contributed by atoms with E-state index < -0.39 is 29.4 Å². The van der Waals surface area contributed by atoms with Gasteiger partial charge in [0.2, 0.25) is 0 Å². The Labute approximate surface area is 125 Å². The maximum atomic E-state index is 12.6. The molecule has 0 radical (unpaired) electrons. The zero-order valence-electron chi connectivity index (χ0n) is 11.3. The van der Waals surface area contributed by atoms with Gasteiger partial charge < -0.3 is 9.30 Å². The van der Waals surface area contributed by atoms with Gasteiger partial charge >= 0.3 is 12.5 Å². The quantitative estimate of drug-likeness (QED) is 0.798. The van der Waals surface area contributed by atoms with Gasteiger partial charge in [-0.05, 0) is 23.8 Å². The molecule has 0 fully saturated rings. The molecule has 1 heterocycles. The summed E-state index contributed by atoms with van der Waals surface area (Å²) in [5, 5.41) is 0. The first-order chi connectivity index (χ1) is 10.5. The third-order valence-corrected chi connectivity index (χ3v) is 2.82. The molecule has 9 heteroatoms. The van der Waals surface area contributed by atoms with E-state index in [0.717, 1.165) is 22.8 Å². The van der Waals surface area contributed by atoms with Crippen LogP contribution < -0.4 is 10.3 Å². The van der Waals surface area contributed by atoms with Gasteiger partial charge in [0, 0.05) is 12.3 Å². The fourth-order valence-corrected chi connectivity index (χ4v) is 1.82. The minimum Gasteiger partial charge on any atom is -0.406 e. The van der Waals surface area contributed by atoms with Crippen molar-refractivity contribution in [3.63, 3.8) is 0 Å². The number of rotatable bonds is 3. The van der Waals surface area contributed by atoms with Crippen LogP contribution in [0, 0.1) is 0 Å². The number of alkyl halides is 6.